The lowest BCUT2D eigenvalue weighted by Gasteiger charge is -2.15. The highest BCUT2D eigenvalue weighted by molar-refractivity contribution is 4.96. The zero-order chi connectivity index (χ0) is 11.9. The third-order valence-electron chi connectivity index (χ3n) is 1.25. The molecule has 0 radical (unpaired) electrons. The predicted octanol–water partition coefficient (Wildman–Crippen LogP) is 0.367. The van der Waals surface area contributed by atoms with E-state index in [1.165, 1.54) is 0 Å². The minimum Gasteiger partial charge on any atom is -0.339 e. The molecular weight excluding hydrogens is 233 g/mol. The van der Waals surface area contributed by atoms with Crippen molar-refractivity contribution in [3.05, 3.63) is 15.9 Å². The van der Waals surface area contributed by atoms with Crippen molar-refractivity contribution in [1.29, 1.82) is 0 Å². The standard InChI is InChI=1S/C3F5N5O2/c4-2(5,3(6,7)8)1-9-10-11-12(1)13(14)15. The van der Waals surface area contributed by atoms with Gasteiger partial charge in [0.1, 0.15) is 5.21 Å². The molecule has 12 heteroatoms. The van der Waals surface area contributed by atoms with Gasteiger partial charge in [0.2, 0.25) is 5.21 Å². The summed E-state index contributed by atoms with van der Waals surface area (Å²) in [7, 11) is 0. The molecule has 0 bridgehead atoms. The second kappa shape index (κ2) is 3.06. The number of alkyl halides is 5. The highest BCUT2D eigenvalue weighted by Gasteiger charge is 2.64. The normalized spacial score (nSPS) is 12.9. The van der Waals surface area contributed by atoms with Crippen LogP contribution in [0.15, 0.2) is 0 Å². The van der Waals surface area contributed by atoms with Crippen molar-refractivity contribution >= 4 is 0 Å². The molecule has 84 valence electrons. The van der Waals surface area contributed by atoms with Gasteiger partial charge in [0.15, 0.2) is 0 Å². The van der Waals surface area contributed by atoms with Gasteiger partial charge >= 0.3 is 17.9 Å². The highest BCUT2D eigenvalue weighted by Crippen LogP contribution is 2.42. The number of halogens is 5. The van der Waals surface area contributed by atoms with Crippen LogP contribution in [0, 0.1) is 10.1 Å². The minimum absolute atomic E-state index is 0.840. The molecular formula is C3F5N5O2. The third kappa shape index (κ3) is 1.69. The number of rotatable bonds is 2. The van der Waals surface area contributed by atoms with E-state index in [2.05, 4.69) is 15.5 Å². The first-order valence-electron chi connectivity index (χ1n) is 3.06. The van der Waals surface area contributed by atoms with E-state index >= 15 is 0 Å². The fourth-order valence-corrected chi connectivity index (χ4v) is 0.608. The van der Waals surface area contributed by atoms with Crippen LogP contribution in [0.25, 0.3) is 0 Å². The van der Waals surface area contributed by atoms with Crippen molar-refractivity contribution in [3.63, 3.8) is 0 Å². The summed E-state index contributed by atoms with van der Waals surface area (Å²) in [5, 5.41) is 15.4. The van der Waals surface area contributed by atoms with Crippen LogP contribution in [0.3, 0.4) is 0 Å². The molecule has 0 fully saturated rings. The molecule has 0 atom stereocenters. The van der Waals surface area contributed by atoms with Gasteiger partial charge < -0.3 is 10.1 Å². The quantitative estimate of drug-likeness (QED) is 0.418. The van der Waals surface area contributed by atoms with Crippen LogP contribution in [-0.4, -0.2) is 31.5 Å². The molecule has 0 aliphatic heterocycles. The fourth-order valence-electron chi connectivity index (χ4n) is 0.608. The Morgan fingerprint density at radius 1 is 1.27 bits per heavy atom. The van der Waals surface area contributed by atoms with Crippen LogP contribution in [0.5, 0.6) is 0 Å². The first-order chi connectivity index (χ1) is 6.68. The molecule has 0 saturated carbocycles. The molecule has 0 amide bonds. The van der Waals surface area contributed by atoms with E-state index in [0.29, 0.717) is 0 Å². The van der Waals surface area contributed by atoms with Gasteiger partial charge in [-0.2, -0.15) is 22.0 Å². The second-order valence-corrected chi connectivity index (χ2v) is 2.20. The molecule has 0 saturated heterocycles. The lowest BCUT2D eigenvalue weighted by Crippen LogP contribution is -2.37. The van der Waals surface area contributed by atoms with Gasteiger partial charge in [0, 0.05) is 0 Å². The topological polar surface area (TPSA) is 86.7 Å². The average Bonchev–Trinajstić information content (AvgIpc) is 2.48. The van der Waals surface area contributed by atoms with Gasteiger partial charge in [-0.15, -0.1) is 0 Å². The summed E-state index contributed by atoms with van der Waals surface area (Å²) in [6.45, 7) is 0. The molecule has 0 N–H and O–H groups in total. The number of aromatic nitrogens is 4. The van der Waals surface area contributed by atoms with Crippen molar-refractivity contribution in [2.24, 2.45) is 0 Å². The van der Waals surface area contributed by atoms with Gasteiger partial charge in [0.05, 0.1) is 9.82 Å². The Kier molecular flexibility index (Phi) is 2.29. The van der Waals surface area contributed by atoms with Gasteiger partial charge in [-0.05, 0) is 0 Å². The summed E-state index contributed by atoms with van der Waals surface area (Å²) >= 11 is 0. The first-order valence-corrected chi connectivity index (χ1v) is 3.06. The summed E-state index contributed by atoms with van der Waals surface area (Å²) in [5.41, 5.74) is 0. The van der Waals surface area contributed by atoms with Crippen molar-refractivity contribution in [2.45, 2.75) is 12.1 Å². The molecule has 1 rings (SSSR count). The van der Waals surface area contributed by atoms with E-state index in [-0.39, 0.29) is 0 Å². The summed E-state index contributed by atoms with van der Waals surface area (Å²) in [5.74, 6) is -7.68. The van der Waals surface area contributed by atoms with Crippen LogP contribution >= 0.6 is 0 Å². The van der Waals surface area contributed by atoms with Crippen LogP contribution in [0.2, 0.25) is 0 Å². The van der Waals surface area contributed by atoms with Crippen molar-refractivity contribution < 1.29 is 27.0 Å². The van der Waals surface area contributed by atoms with E-state index in [4.69, 9.17) is 0 Å². The van der Waals surface area contributed by atoms with Crippen LogP contribution < -0.4 is 0 Å². The molecule has 0 aliphatic rings. The average molecular weight is 233 g/mol. The van der Waals surface area contributed by atoms with Crippen LogP contribution in [0.1, 0.15) is 5.82 Å². The maximum atomic E-state index is 12.5. The Labute approximate surface area is 76.6 Å². The Bertz CT molecular complexity index is 384. The van der Waals surface area contributed by atoms with E-state index in [9.17, 15) is 32.1 Å². The Hall–Kier alpha value is -1.88. The maximum Gasteiger partial charge on any atom is 0.461 e. The van der Waals surface area contributed by atoms with Crippen LogP contribution in [-0.2, 0) is 5.92 Å². The third-order valence-corrected chi connectivity index (χ3v) is 1.25. The number of hydrogen-bond donors (Lipinski definition) is 0. The zero-order valence-electron chi connectivity index (χ0n) is 6.44. The van der Waals surface area contributed by atoms with Crippen molar-refractivity contribution in [1.82, 2.24) is 20.3 Å². The summed E-state index contributed by atoms with van der Waals surface area (Å²) < 4.78 is 60.3. The monoisotopic (exact) mass is 233 g/mol. The number of nitro groups is 1. The summed E-state index contributed by atoms with van der Waals surface area (Å²) in [6.07, 6.45) is -6.00. The molecule has 0 aromatic carbocycles. The lowest BCUT2D eigenvalue weighted by molar-refractivity contribution is -0.558. The summed E-state index contributed by atoms with van der Waals surface area (Å²) in [6, 6.07) is 0. The maximum absolute atomic E-state index is 12.5. The minimum atomic E-state index is -6.00. The second-order valence-electron chi connectivity index (χ2n) is 2.20. The largest absolute Gasteiger partial charge is 0.461 e. The van der Waals surface area contributed by atoms with E-state index in [1.54, 1.807) is 0 Å². The molecule has 0 spiro atoms. The highest BCUT2D eigenvalue weighted by atomic mass is 19.4. The molecule has 0 unspecified atom stereocenters. The Balaban J connectivity index is 3.27. The van der Waals surface area contributed by atoms with E-state index in [1.807, 2.05) is 0 Å². The molecule has 1 heterocycles. The Morgan fingerprint density at radius 3 is 2.20 bits per heavy atom. The fraction of sp³-hybridized carbons (Fsp3) is 0.667. The zero-order valence-corrected chi connectivity index (χ0v) is 6.44. The molecule has 7 nitrogen and oxygen atoms in total. The van der Waals surface area contributed by atoms with E-state index < -0.39 is 27.7 Å². The molecule has 15 heavy (non-hydrogen) atoms. The SMILES string of the molecule is O=[N+]([O-])n1nnnc1C(F)(F)C(F)(F)F. The number of nitrogens with zero attached hydrogens (tertiary/aromatic N) is 5. The lowest BCUT2D eigenvalue weighted by atomic mass is 10.3. The van der Waals surface area contributed by atoms with E-state index in [0.717, 1.165) is 0 Å². The van der Waals surface area contributed by atoms with Gasteiger partial charge in [-0.3, -0.25) is 0 Å². The molecule has 0 aliphatic carbocycles. The predicted molar refractivity (Wildman–Crippen MR) is 30.2 cm³/mol. The van der Waals surface area contributed by atoms with Gasteiger partial charge in [0.25, 0.3) is 0 Å². The summed E-state index contributed by atoms with van der Waals surface area (Å²) in [4.78, 5) is 9.14. The van der Waals surface area contributed by atoms with Crippen molar-refractivity contribution in [3.8, 4) is 0 Å². The van der Waals surface area contributed by atoms with Gasteiger partial charge in [-0.25, -0.2) is 0 Å². The molecule has 1 aromatic heterocycles. The van der Waals surface area contributed by atoms with Crippen molar-refractivity contribution in [2.75, 3.05) is 0 Å². The molecule has 1 aromatic rings. The first kappa shape index (κ1) is 11.2. The number of hydrogen-bond acceptors (Lipinski definition) is 5. The van der Waals surface area contributed by atoms with Gasteiger partial charge in [-0.1, -0.05) is 5.10 Å². The van der Waals surface area contributed by atoms with Crippen LogP contribution in [0.4, 0.5) is 22.0 Å². The Morgan fingerprint density at radius 2 is 1.80 bits per heavy atom. The number of tetrazole rings is 1. The smallest absolute Gasteiger partial charge is 0.339 e.